The predicted molar refractivity (Wildman–Crippen MR) is 63.9 cm³/mol. The summed E-state index contributed by atoms with van der Waals surface area (Å²) in [6.45, 7) is -0.704. The quantitative estimate of drug-likeness (QED) is 0.867. The van der Waals surface area contributed by atoms with Gasteiger partial charge in [-0.15, -0.1) is 0 Å². The molecule has 0 spiro atoms. The highest BCUT2D eigenvalue weighted by molar-refractivity contribution is 5.96. The first-order chi connectivity index (χ1) is 9.00. The number of amides is 2. The van der Waals surface area contributed by atoms with Crippen molar-refractivity contribution in [2.45, 2.75) is 32.4 Å². The van der Waals surface area contributed by atoms with Crippen LogP contribution in [0, 0.1) is 6.92 Å². The van der Waals surface area contributed by atoms with E-state index in [0.29, 0.717) is 23.2 Å². The predicted octanol–water partition coefficient (Wildman–Crippen LogP) is 1.20. The minimum atomic E-state index is -2.78. The second kappa shape index (κ2) is 5.38. The molecule has 1 aliphatic rings. The van der Waals surface area contributed by atoms with Crippen LogP contribution < -0.4 is 10.6 Å². The molecular formula is C12H15F2N3O2. The van der Waals surface area contributed by atoms with Crippen molar-refractivity contribution in [2.75, 3.05) is 6.54 Å². The summed E-state index contributed by atoms with van der Waals surface area (Å²) in [5, 5.41) is 5.11. The molecule has 2 N–H and O–H groups in total. The Morgan fingerprint density at radius 2 is 2.26 bits per heavy atom. The number of alkyl halides is 2. The van der Waals surface area contributed by atoms with Crippen LogP contribution in [0.1, 0.15) is 35.6 Å². The molecule has 1 atom stereocenters. The van der Waals surface area contributed by atoms with Gasteiger partial charge in [0.2, 0.25) is 5.91 Å². The summed E-state index contributed by atoms with van der Waals surface area (Å²) in [5.74, 6) is -0.929. The number of carbonyl (C=O) groups is 2. The lowest BCUT2D eigenvalue weighted by atomic mass is 10.1. The van der Waals surface area contributed by atoms with E-state index in [1.165, 1.54) is 19.1 Å². The molecule has 104 valence electrons. The van der Waals surface area contributed by atoms with E-state index in [-0.39, 0.29) is 11.6 Å². The summed E-state index contributed by atoms with van der Waals surface area (Å²) in [7, 11) is 0. The third kappa shape index (κ3) is 2.74. The van der Waals surface area contributed by atoms with E-state index in [0.717, 1.165) is 6.42 Å². The van der Waals surface area contributed by atoms with Crippen LogP contribution in [0.25, 0.3) is 0 Å². The zero-order valence-electron chi connectivity index (χ0n) is 10.5. The van der Waals surface area contributed by atoms with E-state index in [2.05, 4.69) is 10.6 Å². The highest BCUT2D eigenvalue weighted by Gasteiger charge is 2.26. The van der Waals surface area contributed by atoms with Gasteiger partial charge in [-0.3, -0.25) is 14.2 Å². The Bertz CT molecular complexity index is 499. The number of aryl methyl sites for hydroxylation is 1. The molecule has 7 heteroatoms. The van der Waals surface area contributed by atoms with Gasteiger partial charge in [-0.1, -0.05) is 0 Å². The SMILES string of the molecule is Cc1ccc(C(=O)N[C@H]2CCCNC2=O)n1C(F)F. The van der Waals surface area contributed by atoms with Gasteiger partial charge in [-0.05, 0) is 31.9 Å². The smallest absolute Gasteiger partial charge is 0.319 e. The van der Waals surface area contributed by atoms with Crippen molar-refractivity contribution >= 4 is 11.8 Å². The number of hydrogen-bond donors (Lipinski definition) is 2. The second-order valence-electron chi connectivity index (χ2n) is 4.47. The average molecular weight is 271 g/mol. The number of nitrogens with one attached hydrogen (secondary N) is 2. The molecular weight excluding hydrogens is 256 g/mol. The third-order valence-corrected chi connectivity index (χ3v) is 3.14. The van der Waals surface area contributed by atoms with Crippen molar-refractivity contribution in [1.82, 2.24) is 15.2 Å². The minimum Gasteiger partial charge on any atom is -0.354 e. The molecule has 2 heterocycles. The van der Waals surface area contributed by atoms with Crippen LogP contribution in [0.3, 0.4) is 0 Å². The van der Waals surface area contributed by atoms with Crippen molar-refractivity contribution in [3.63, 3.8) is 0 Å². The van der Waals surface area contributed by atoms with E-state index in [4.69, 9.17) is 0 Å². The maximum atomic E-state index is 12.8. The zero-order chi connectivity index (χ0) is 14.0. The fourth-order valence-electron chi connectivity index (χ4n) is 2.14. The highest BCUT2D eigenvalue weighted by atomic mass is 19.3. The first-order valence-corrected chi connectivity index (χ1v) is 6.05. The summed E-state index contributed by atoms with van der Waals surface area (Å²) in [4.78, 5) is 23.5. The van der Waals surface area contributed by atoms with Crippen LogP contribution in [0.2, 0.25) is 0 Å². The summed E-state index contributed by atoms with van der Waals surface area (Å²) in [5.41, 5.74) is 0.166. The molecule has 5 nitrogen and oxygen atoms in total. The molecule has 0 saturated carbocycles. The Morgan fingerprint density at radius 3 is 2.89 bits per heavy atom. The number of piperidine rings is 1. The molecule has 1 aromatic rings. The van der Waals surface area contributed by atoms with Gasteiger partial charge in [0.15, 0.2) is 0 Å². The molecule has 1 aliphatic heterocycles. The molecule has 1 saturated heterocycles. The molecule has 0 aromatic carbocycles. The molecule has 0 unspecified atom stereocenters. The van der Waals surface area contributed by atoms with Crippen LogP contribution in [0.4, 0.5) is 8.78 Å². The first kappa shape index (κ1) is 13.5. The van der Waals surface area contributed by atoms with Gasteiger partial charge in [0.25, 0.3) is 5.91 Å². The van der Waals surface area contributed by atoms with Gasteiger partial charge >= 0.3 is 6.55 Å². The lowest BCUT2D eigenvalue weighted by Gasteiger charge is -2.23. The molecule has 2 rings (SSSR count). The first-order valence-electron chi connectivity index (χ1n) is 6.05. The van der Waals surface area contributed by atoms with Crippen LogP contribution >= 0.6 is 0 Å². The maximum absolute atomic E-state index is 12.8. The number of nitrogens with zero attached hydrogens (tertiary/aromatic N) is 1. The van der Waals surface area contributed by atoms with Gasteiger partial charge in [0.1, 0.15) is 11.7 Å². The summed E-state index contributed by atoms with van der Waals surface area (Å²) < 4.78 is 26.3. The van der Waals surface area contributed by atoms with Crippen molar-refractivity contribution < 1.29 is 18.4 Å². The van der Waals surface area contributed by atoms with Gasteiger partial charge in [0, 0.05) is 12.2 Å². The Labute approximate surface area is 109 Å². The largest absolute Gasteiger partial charge is 0.354 e. The van der Waals surface area contributed by atoms with Gasteiger partial charge in [0.05, 0.1) is 0 Å². The molecule has 2 amide bonds. The van der Waals surface area contributed by atoms with E-state index in [1.54, 1.807) is 0 Å². The zero-order valence-corrected chi connectivity index (χ0v) is 10.5. The fraction of sp³-hybridized carbons (Fsp3) is 0.500. The number of halogens is 2. The number of aromatic nitrogens is 1. The Balaban J connectivity index is 2.14. The van der Waals surface area contributed by atoms with Crippen molar-refractivity contribution in [1.29, 1.82) is 0 Å². The minimum absolute atomic E-state index is 0.133. The normalized spacial score (nSPS) is 19.4. The number of hydrogen-bond acceptors (Lipinski definition) is 2. The monoisotopic (exact) mass is 271 g/mol. The van der Waals surface area contributed by atoms with Crippen LogP contribution in [0.15, 0.2) is 12.1 Å². The third-order valence-electron chi connectivity index (χ3n) is 3.14. The standard InChI is InChI=1S/C12H15F2N3O2/c1-7-4-5-9(17(7)12(13)14)11(19)16-8-3-2-6-15-10(8)18/h4-5,8,12H,2-3,6H2,1H3,(H,15,18)(H,16,19)/t8-/m0/s1. The lowest BCUT2D eigenvalue weighted by molar-refractivity contribution is -0.124. The van der Waals surface area contributed by atoms with Crippen molar-refractivity contribution in [3.8, 4) is 0 Å². The highest BCUT2D eigenvalue weighted by Crippen LogP contribution is 2.19. The van der Waals surface area contributed by atoms with E-state index in [1.807, 2.05) is 0 Å². The van der Waals surface area contributed by atoms with E-state index >= 15 is 0 Å². The summed E-state index contributed by atoms with van der Waals surface area (Å²) in [6.07, 6.45) is 1.28. The molecule has 0 bridgehead atoms. The lowest BCUT2D eigenvalue weighted by Crippen LogP contribution is -2.50. The van der Waals surface area contributed by atoms with E-state index < -0.39 is 18.5 Å². The number of rotatable bonds is 3. The summed E-state index contributed by atoms with van der Waals surface area (Å²) in [6, 6.07) is 2.13. The molecule has 0 radical (unpaired) electrons. The van der Waals surface area contributed by atoms with Crippen LogP contribution in [0.5, 0.6) is 0 Å². The second-order valence-corrected chi connectivity index (χ2v) is 4.47. The summed E-state index contributed by atoms with van der Waals surface area (Å²) >= 11 is 0. The topological polar surface area (TPSA) is 63.1 Å². The Hall–Kier alpha value is -1.92. The molecule has 0 aliphatic carbocycles. The number of carbonyl (C=O) groups excluding carboxylic acids is 2. The van der Waals surface area contributed by atoms with Crippen molar-refractivity contribution in [2.24, 2.45) is 0 Å². The Morgan fingerprint density at radius 1 is 1.53 bits per heavy atom. The molecule has 1 aromatic heterocycles. The van der Waals surface area contributed by atoms with E-state index in [9.17, 15) is 18.4 Å². The molecule has 19 heavy (non-hydrogen) atoms. The van der Waals surface area contributed by atoms with Gasteiger partial charge < -0.3 is 10.6 Å². The van der Waals surface area contributed by atoms with Gasteiger partial charge in [-0.25, -0.2) is 0 Å². The van der Waals surface area contributed by atoms with Gasteiger partial charge in [-0.2, -0.15) is 8.78 Å². The van der Waals surface area contributed by atoms with Crippen molar-refractivity contribution in [3.05, 3.63) is 23.5 Å². The maximum Gasteiger partial charge on any atom is 0.319 e. The Kier molecular flexibility index (Phi) is 3.82. The molecule has 1 fully saturated rings. The van der Waals surface area contributed by atoms with Crippen LogP contribution in [-0.4, -0.2) is 29.0 Å². The fourth-order valence-corrected chi connectivity index (χ4v) is 2.14. The average Bonchev–Trinajstić information content (AvgIpc) is 2.74. The van der Waals surface area contributed by atoms with Crippen LogP contribution in [-0.2, 0) is 4.79 Å².